The number of hydrogen-bond donors (Lipinski definition) is 2. The predicted molar refractivity (Wildman–Crippen MR) is 56.1 cm³/mol. The number of aliphatic hydroxyl groups excluding tert-OH is 1. The van der Waals surface area contributed by atoms with Gasteiger partial charge in [-0.2, -0.15) is 0 Å². The quantitative estimate of drug-likeness (QED) is 0.572. The van der Waals surface area contributed by atoms with Gasteiger partial charge in [0.05, 0.1) is 12.7 Å². The van der Waals surface area contributed by atoms with E-state index in [0.29, 0.717) is 6.54 Å². The fraction of sp³-hybridized carbons (Fsp3) is 1.00. The first kappa shape index (κ1) is 11.9. The summed E-state index contributed by atoms with van der Waals surface area (Å²) in [5.74, 6) is 0. The lowest BCUT2D eigenvalue weighted by Crippen LogP contribution is -2.34. The molecule has 1 rings (SSSR count). The van der Waals surface area contributed by atoms with E-state index in [1.165, 1.54) is 12.8 Å². The first-order valence-electron chi connectivity index (χ1n) is 5.39. The van der Waals surface area contributed by atoms with E-state index in [4.69, 9.17) is 10.5 Å². The van der Waals surface area contributed by atoms with Gasteiger partial charge in [-0.25, -0.2) is 0 Å². The Labute approximate surface area is 86.0 Å². The van der Waals surface area contributed by atoms with Gasteiger partial charge in [0.15, 0.2) is 0 Å². The summed E-state index contributed by atoms with van der Waals surface area (Å²) >= 11 is 0. The Bertz CT molecular complexity index is 151. The van der Waals surface area contributed by atoms with Gasteiger partial charge in [-0.05, 0) is 19.3 Å². The second-order valence-electron chi connectivity index (χ2n) is 3.94. The molecule has 3 N–H and O–H groups in total. The summed E-state index contributed by atoms with van der Waals surface area (Å²) in [6, 6.07) is 0.732. The van der Waals surface area contributed by atoms with Crippen LogP contribution in [0.15, 0.2) is 0 Å². The van der Waals surface area contributed by atoms with Gasteiger partial charge >= 0.3 is 0 Å². The third-order valence-corrected chi connectivity index (χ3v) is 2.67. The lowest BCUT2D eigenvalue weighted by molar-refractivity contribution is 0.116. The number of nitrogens with two attached hydrogens (primary N) is 1. The minimum Gasteiger partial charge on any atom is -0.392 e. The topological polar surface area (TPSA) is 58.7 Å². The van der Waals surface area contributed by atoms with Gasteiger partial charge in [0.25, 0.3) is 0 Å². The van der Waals surface area contributed by atoms with Crippen LogP contribution in [0.5, 0.6) is 0 Å². The van der Waals surface area contributed by atoms with Gasteiger partial charge < -0.3 is 15.6 Å². The van der Waals surface area contributed by atoms with Gasteiger partial charge in [-0.3, -0.25) is 4.90 Å². The molecule has 0 aromatic carbocycles. The van der Waals surface area contributed by atoms with E-state index >= 15 is 0 Å². The van der Waals surface area contributed by atoms with Crippen LogP contribution in [0.2, 0.25) is 0 Å². The molecule has 0 heterocycles. The fourth-order valence-electron chi connectivity index (χ4n) is 1.56. The van der Waals surface area contributed by atoms with E-state index < -0.39 is 0 Å². The van der Waals surface area contributed by atoms with E-state index in [0.717, 1.165) is 32.2 Å². The standard InChI is InChI=1S/C10H22N2O2/c1-14-7-6-12(9-2-3-9)5-4-10(13)8-11/h9-10,13H,2-8,11H2,1H3. The number of ether oxygens (including phenoxy) is 1. The first-order chi connectivity index (χ1) is 6.77. The van der Waals surface area contributed by atoms with Crippen LogP contribution in [-0.4, -0.2) is 55.5 Å². The molecule has 0 radical (unpaired) electrons. The van der Waals surface area contributed by atoms with Crippen molar-refractivity contribution in [2.45, 2.75) is 31.4 Å². The second-order valence-corrected chi connectivity index (χ2v) is 3.94. The van der Waals surface area contributed by atoms with Crippen molar-refractivity contribution >= 4 is 0 Å². The van der Waals surface area contributed by atoms with Crippen molar-refractivity contribution in [3.8, 4) is 0 Å². The molecule has 4 heteroatoms. The zero-order chi connectivity index (χ0) is 10.4. The zero-order valence-electron chi connectivity index (χ0n) is 8.98. The molecule has 84 valence electrons. The summed E-state index contributed by atoms with van der Waals surface area (Å²) in [6.45, 7) is 3.04. The van der Waals surface area contributed by atoms with Gasteiger partial charge in [0, 0.05) is 32.8 Å². The molecule has 0 aromatic rings. The zero-order valence-corrected chi connectivity index (χ0v) is 8.98. The van der Waals surface area contributed by atoms with Gasteiger partial charge in [-0.15, -0.1) is 0 Å². The van der Waals surface area contributed by atoms with Crippen molar-refractivity contribution in [1.29, 1.82) is 0 Å². The number of hydrogen-bond acceptors (Lipinski definition) is 4. The molecule has 1 aliphatic carbocycles. The van der Waals surface area contributed by atoms with Crippen molar-refractivity contribution in [3.63, 3.8) is 0 Å². The Morgan fingerprint density at radius 1 is 1.50 bits per heavy atom. The highest BCUT2D eigenvalue weighted by Crippen LogP contribution is 2.26. The largest absolute Gasteiger partial charge is 0.392 e. The number of nitrogens with zero attached hydrogens (tertiary/aromatic N) is 1. The molecule has 0 saturated heterocycles. The molecule has 1 atom stereocenters. The SMILES string of the molecule is COCCN(CCC(O)CN)C1CC1. The number of methoxy groups -OCH3 is 1. The molecule has 1 aliphatic rings. The molecule has 0 amide bonds. The maximum Gasteiger partial charge on any atom is 0.0674 e. The monoisotopic (exact) mass is 202 g/mol. The summed E-state index contributed by atoms with van der Waals surface area (Å²) in [5, 5.41) is 9.35. The van der Waals surface area contributed by atoms with Gasteiger partial charge in [-0.1, -0.05) is 0 Å². The maximum absolute atomic E-state index is 9.35. The van der Waals surface area contributed by atoms with Gasteiger partial charge in [0.1, 0.15) is 0 Å². The Kier molecular flexibility index (Phi) is 5.40. The Morgan fingerprint density at radius 3 is 2.71 bits per heavy atom. The molecule has 0 aromatic heterocycles. The highest BCUT2D eigenvalue weighted by molar-refractivity contribution is 4.84. The molecule has 1 unspecified atom stereocenters. The third-order valence-electron chi connectivity index (χ3n) is 2.67. The summed E-state index contributed by atoms with van der Waals surface area (Å²) < 4.78 is 5.05. The van der Waals surface area contributed by atoms with Crippen LogP contribution < -0.4 is 5.73 Å². The molecule has 0 bridgehead atoms. The smallest absolute Gasteiger partial charge is 0.0674 e. The lowest BCUT2D eigenvalue weighted by atomic mass is 10.2. The van der Waals surface area contributed by atoms with Crippen molar-refractivity contribution in [1.82, 2.24) is 4.90 Å². The Hall–Kier alpha value is -0.160. The summed E-state index contributed by atoms with van der Waals surface area (Å²) in [6.07, 6.45) is 3.01. The van der Waals surface area contributed by atoms with E-state index in [1.807, 2.05) is 0 Å². The predicted octanol–water partition coefficient (Wildman–Crippen LogP) is -0.193. The molecule has 0 spiro atoms. The first-order valence-corrected chi connectivity index (χ1v) is 5.39. The van der Waals surface area contributed by atoms with Crippen LogP contribution in [0.3, 0.4) is 0 Å². The number of aliphatic hydroxyl groups is 1. The summed E-state index contributed by atoms with van der Waals surface area (Å²) in [4.78, 5) is 2.39. The van der Waals surface area contributed by atoms with Gasteiger partial charge in [0.2, 0.25) is 0 Å². The minimum absolute atomic E-state index is 0.348. The maximum atomic E-state index is 9.35. The molecular formula is C10H22N2O2. The van der Waals surface area contributed by atoms with Crippen molar-refractivity contribution in [2.24, 2.45) is 5.73 Å². The lowest BCUT2D eigenvalue weighted by Gasteiger charge is -2.22. The van der Waals surface area contributed by atoms with Crippen LogP contribution in [0.4, 0.5) is 0 Å². The molecule has 1 fully saturated rings. The van der Waals surface area contributed by atoms with E-state index in [-0.39, 0.29) is 6.10 Å². The van der Waals surface area contributed by atoms with Crippen LogP contribution in [0.1, 0.15) is 19.3 Å². The van der Waals surface area contributed by atoms with E-state index in [9.17, 15) is 5.11 Å². The molecule has 0 aliphatic heterocycles. The summed E-state index contributed by atoms with van der Waals surface area (Å²) in [7, 11) is 1.72. The van der Waals surface area contributed by atoms with Crippen molar-refractivity contribution in [3.05, 3.63) is 0 Å². The van der Waals surface area contributed by atoms with Crippen LogP contribution in [-0.2, 0) is 4.74 Å². The van der Waals surface area contributed by atoms with Crippen LogP contribution in [0.25, 0.3) is 0 Å². The van der Waals surface area contributed by atoms with Crippen LogP contribution in [0, 0.1) is 0 Å². The van der Waals surface area contributed by atoms with E-state index in [1.54, 1.807) is 7.11 Å². The molecular weight excluding hydrogens is 180 g/mol. The third kappa shape index (κ3) is 4.37. The Morgan fingerprint density at radius 2 is 2.21 bits per heavy atom. The summed E-state index contributed by atoms with van der Waals surface area (Å²) in [5.41, 5.74) is 5.36. The second kappa shape index (κ2) is 6.35. The highest BCUT2D eigenvalue weighted by atomic mass is 16.5. The van der Waals surface area contributed by atoms with Crippen LogP contribution >= 0.6 is 0 Å². The highest BCUT2D eigenvalue weighted by Gasteiger charge is 2.28. The molecule has 14 heavy (non-hydrogen) atoms. The Balaban J connectivity index is 2.14. The molecule has 4 nitrogen and oxygen atoms in total. The number of rotatable bonds is 8. The van der Waals surface area contributed by atoms with Crippen molar-refractivity contribution in [2.75, 3.05) is 33.4 Å². The molecule has 1 saturated carbocycles. The minimum atomic E-state index is -0.348. The average molecular weight is 202 g/mol. The van der Waals surface area contributed by atoms with E-state index in [2.05, 4.69) is 4.90 Å². The van der Waals surface area contributed by atoms with Crippen molar-refractivity contribution < 1.29 is 9.84 Å². The average Bonchev–Trinajstić information content (AvgIpc) is 3.01. The normalized spacial score (nSPS) is 18.9. The fourth-order valence-corrected chi connectivity index (χ4v) is 1.56.